The lowest BCUT2D eigenvalue weighted by molar-refractivity contribution is -0.137. The molecule has 6 nitrogen and oxygen atoms in total. The topological polar surface area (TPSA) is 75.9 Å². The van der Waals surface area contributed by atoms with Crippen molar-refractivity contribution in [1.29, 1.82) is 0 Å². The van der Waals surface area contributed by atoms with Crippen LogP contribution in [0.2, 0.25) is 5.02 Å². The van der Waals surface area contributed by atoms with Gasteiger partial charge in [-0.05, 0) is 20.0 Å². The number of hydrogen-bond donors (Lipinski definition) is 2. The predicted molar refractivity (Wildman–Crippen MR) is 83.0 cm³/mol. The fourth-order valence-electron chi connectivity index (χ4n) is 1.86. The van der Waals surface area contributed by atoms with Gasteiger partial charge in [-0.1, -0.05) is 16.8 Å². The van der Waals surface area contributed by atoms with Gasteiger partial charge < -0.3 is 15.2 Å². The smallest absolute Gasteiger partial charge is 0.368 e. The molecule has 0 spiro atoms. The molecule has 0 amide bonds. The first-order valence-electron chi connectivity index (χ1n) is 7.25. The largest absolute Gasteiger partial charge is 0.417 e. The molecule has 2 N–H and O–H groups in total. The van der Waals surface area contributed by atoms with Gasteiger partial charge in [0.15, 0.2) is 5.82 Å². The second-order valence-electron chi connectivity index (χ2n) is 5.23. The number of nitrogens with zero attached hydrogens (tertiary/aromatic N) is 3. The molecule has 10 heteroatoms. The fraction of sp³-hybridized carbons (Fsp3) is 0.500. The van der Waals surface area contributed by atoms with E-state index in [2.05, 4.69) is 25.8 Å². The van der Waals surface area contributed by atoms with Gasteiger partial charge in [0.25, 0.3) is 0 Å². The highest BCUT2D eigenvalue weighted by atomic mass is 35.5. The number of alkyl halides is 3. The number of nitrogens with one attached hydrogen (secondary N) is 2. The third-order valence-corrected chi connectivity index (χ3v) is 3.58. The number of rotatable bonds is 7. The lowest BCUT2D eigenvalue weighted by atomic mass is 10.2. The van der Waals surface area contributed by atoms with E-state index in [1.54, 1.807) is 0 Å². The van der Waals surface area contributed by atoms with Gasteiger partial charge in [-0.2, -0.15) is 18.2 Å². The van der Waals surface area contributed by atoms with E-state index in [-0.39, 0.29) is 16.9 Å². The molecular weight excluding hydrogens is 347 g/mol. The van der Waals surface area contributed by atoms with Crippen molar-refractivity contribution >= 4 is 17.4 Å². The van der Waals surface area contributed by atoms with Crippen molar-refractivity contribution in [2.24, 2.45) is 0 Å². The molecule has 1 atom stereocenters. The fourth-order valence-corrected chi connectivity index (χ4v) is 2.09. The van der Waals surface area contributed by atoms with Crippen molar-refractivity contribution in [3.63, 3.8) is 0 Å². The Morgan fingerprint density at radius 1 is 1.38 bits per heavy atom. The van der Waals surface area contributed by atoms with Crippen molar-refractivity contribution in [3.8, 4) is 0 Å². The highest BCUT2D eigenvalue weighted by Crippen LogP contribution is 2.32. The molecule has 2 aromatic heterocycles. The van der Waals surface area contributed by atoms with Crippen LogP contribution < -0.4 is 10.6 Å². The molecule has 132 valence electrons. The molecule has 0 bridgehead atoms. The van der Waals surface area contributed by atoms with E-state index in [1.807, 2.05) is 14.0 Å². The number of halogens is 4. The van der Waals surface area contributed by atoms with E-state index in [4.69, 9.17) is 16.1 Å². The van der Waals surface area contributed by atoms with Crippen LogP contribution in [0.1, 0.15) is 24.2 Å². The quantitative estimate of drug-likeness (QED) is 0.787. The van der Waals surface area contributed by atoms with E-state index in [1.165, 1.54) is 0 Å². The maximum atomic E-state index is 12.5. The number of likely N-dealkylation sites (N-methyl/N-ethyl adjacent to an activating group) is 1. The third kappa shape index (κ3) is 5.07. The minimum Gasteiger partial charge on any atom is -0.368 e. The van der Waals surface area contributed by atoms with Gasteiger partial charge in [0.1, 0.15) is 5.82 Å². The average Bonchev–Trinajstić information content (AvgIpc) is 2.95. The highest BCUT2D eigenvalue weighted by molar-refractivity contribution is 6.32. The number of aromatic nitrogens is 3. The second-order valence-corrected chi connectivity index (χ2v) is 5.63. The molecule has 2 heterocycles. The zero-order chi connectivity index (χ0) is 17.7. The number of hydrogen-bond acceptors (Lipinski definition) is 6. The molecule has 0 aromatic carbocycles. The molecule has 0 radical (unpaired) electrons. The molecule has 0 aliphatic heterocycles. The first-order chi connectivity index (χ1) is 11.3. The van der Waals surface area contributed by atoms with Crippen molar-refractivity contribution in [1.82, 2.24) is 20.4 Å². The Morgan fingerprint density at radius 3 is 2.75 bits per heavy atom. The lowest BCUT2D eigenvalue weighted by Gasteiger charge is -2.10. The Kier molecular flexibility index (Phi) is 6.00. The SMILES string of the molecule is CNC(C)Cc1noc(CCNc2ncc(C(F)(F)F)cc2Cl)n1. The van der Waals surface area contributed by atoms with Crippen LogP contribution in [0.4, 0.5) is 19.0 Å². The molecule has 2 rings (SSSR count). The number of pyridine rings is 1. The van der Waals surface area contributed by atoms with Crippen molar-refractivity contribution in [2.75, 3.05) is 18.9 Å². The Morgan fingerprint density at radius 2 is 2.12 bits per heavy atom. The minimum atomic E-state index is -4.47. The summed E-state index contributed by atoms with van der Waals surface area (Å²) in [6, 6.07) is 1.06. The van der Waals surface area contributed by atoms with Gasteiger partial charge in [-0.3, -0.25) is 0 Å². The van der Waals surface area contributed by atoms with E-state index < -0.39 is 11.7 Å². The monoisotopic (exact) mass is 363 g/mol. The van der Waals surface area contributed by atoms with Gasteiger partial charge in [0, 0.05) is 31.6 Å². The molecule has 0 saturated carbocycles. The maximum absolute atomic E-state index is 12.5. The summed E-state index contributed by atoms with van der Waals surface area (Å²) in [6.45, 7) is 2.34. The molecule has 0 aliphatic carbocycles. The van der Waals surface area contributed by atoms with Crippen molar-refractivity contribution < 1.29 is 17.7 Å². The Bertz CT molecular complexity index is 677. The summed E-state index contributed by atoms with van der Waals surface area (Å²) in [5, 5.41) is 9.69. The first-order valence-corrected chi connectivity index (χ1v) is 7.62. The molecular formula is C14H17ClF3N5O. The lowest BCUT2D eigenvalue weighted by Crippen LogP contribution is -2.24. The Hall–Kier alpha value is -1.87. The van der Waals surface area contributed by atoms with Gasteiger partial charge in [-0.25, -0.2) is 4.98 Å². The molecule has 2 aromatic rings. The zero-order valence-electron chi connectivity index (χ0n) is 13.1. The van der Waals surface area contributed by atoms with E-state index >= 15 is 0 Å². The first kappa shape index (κ1) is 18.5. The molecule has 24 heavy (non-hydrogen) atoms. The van der Waals surface area contributed by atoms with Gasteiger partial charge >= 0.3 is 6.18 Å². The van der Waals surface area contributed by atoms with Crippen molar-refractivity contribution in [2.45, 2.75) is 32.0 Å². The Labute approximate surface area is 141 Å². The molecule has 0 fully saturated rings. The maximum Gasteiger partial charge on any atom is 0.417 e. The average molecular weight is 364 g/mol. The summed E-state index contributed by atoms with van der Waals surface area (Å²) in [5.74, 6) is 1.20. The molecule has 0 saturated heterocycles. The van der Waals surface area contributed by atoms with Crippen LogP contribution in [0, 0.1) is 0 Å². The summed E-state index contributed by atoms with van der Waals surface area (Å²) < 4.78 is 42.7. The van der Waals surface area contributed by atoms with Gasteiger partial charge in [0.05, 0.1) is 10.6 Å². The normalized spacial score (nSPS) is 13.1. The Balaban J connectivity index is 1.88. The molecule has 1 unspecified atom stereocenters. The van der Waals surface area contributed by atoms with Crippen LogP contribution in [0.15, 0.2) is 16.8 Å². The highest BCUT2D eigenvalue weighted by Gasteiger charge is 2.31. The van der Waals surface area contributed by atoms with E-state index in [9.17, 15) is 13.2 Å². The van der Waals surface area contributed by atoms with E-state index in [0.717, 1.165) is 12.3 Å². The third-order valence-electron chi connectivity index (χ3n) is 3.29. The summed E-state index contributed by atoms with van der Waals surface area (Å²) in [7, 11) is 1.84. The van der Waals surface area contributed by atoms with Crippen LogP contribution in [-0.2, 0) is 19.0 Å². The summed E-state index contributed by atoms with van der Waals surface area (Å²) in [6.07, 6.45) is -2.70. The van der Waals surface area contributed by atoms with Crippen LogP contribution in [-0.4, -0.2) is 34.8 Å². The predicted octanol–water partition coefficient (Wildman–Crippen LogP) is 2.94. The van der Waals surface area contributed by atoms with Gasteiger partial charge in [-0.15, -0.1) is 0 Å². The second kappa shape index (κ2) is 7.80. The standard InChI is InChI=1S/C14H17ClF3N5O/c1-8(19-2)5-11-22-12(24-23-11)3-4-20-13-10(15)6-9(7-21-13)14(16,17)18/h6-8,19H,3-5H2,1-2H3,(H,20,21). The molecule has 0 aliphatic rings. The van der Waals surface area contributed by atoms with Crippen LogP contribution in [0.25, 0.3) is 0 Å². The summed E-state index contributed by atoms with van der Waals surface area (Å²) in [5.41, 5.74) is -0.891. The summed E-state index contributed by atoms with van der Waals surface area (Å²) in [4.78, 5) is 7.93. The van der Waals surface area contributed by atoms with E-state index in [0.29, 0.717) is 31.1 Å². The van der Waals surface area contributed by atoms with Crippen LogP contribution in [0.3, 0.4) is 0 Å². The van der Waals surface area contributed by atoms with Crippen LogP contribution >= 0.6 is 11.6 Å². The summed E-state index contributed by atoms with van der Waals surface area (Å²) >= 11 is 5.81. The van der Waals surface area contributed by atoms with Crippen molar-refractivity contribution in [3.05, 3.63) is 34.6 Å². The zero-order valence-corrected chi connectivity index (χ0v) is 13.9. The van der Waals surface area contributed by atoms with Gasteiger partial charge in [0.2, 0.25) is 5.89 Å². The number of anilines is 1. The van der Waals surface area contributed by atoms with Crippen LogP contribution in [0.5, 0.6) is 0 Å². The minimum absolute atomic E-state index is 0.0983.